The van der Waals surface area contributed by atoms with Crippen LogP contribution in [0.2, 0.25) is 10.0 Å². The van der Waals surface area contributed by atoms with Crippen LogP contribution >= 0.6 is 23.2 Å². The Kier molecular flexibility index (Phi) is 3.79. The standard InChI is InChI=1S/C14H19Cl2N3/c15-11-7-13(17)14(8-12(11)16)19-6-3-10(9-19)18-4-1-2-5-18/h7-8,10H,1-6,9,17H2. The Morgan fingerprint density at radius 2 is 1.74 bits per heavy atom. The van der Waals surface area contributed by atoms with Gasteiger partial charge in [0, 0.05) is 19.1 Å². The van der Waals surface area contributed by atoms with Gasteiger partial charge in [0.1, 0.15) is 0 Å². The average molecular weight is 300 g/mol. The molecule has 0 aromatic heterocycles. The van der Waals surface area contributed by atoms with Crippen molar-refractivity contribution in [3.8, 4) is 0 Å². The summed E-state index contributed by atoms with van der Waals surface area (Å²) in [5, 5.41) is 1.11. The largest absolute Gasteiger partial charge is 0.397 e. The van der Waals surface area contributed by atoms with E-state index < -0.39 is 0 Å². The molecule has 0 bridgehead atoms. The Balaban J connectivity index is 1.75. The summed E-state index contributed by atoms with van der Waals surface area (Å²) < 4.78 is 0. The molecule has 3 rings (SSSR count). The molecule has 19 heavy (non-hydrogen) atoms. The molecule has 2 N–H and O–H groups in total. The van der Waals surface area contributed by atoms with E-state index in [4.69, 9.17) is 28.9 Å². The second-order valence-corrected chi connectivity index (χ2v) is 6.27. The van der Waals surface area contributed by atoms with Crippen LogP contribution in [0.25, 0.3) is 0 Å². The van der Waals surface area contributed by atoms with Crippen molar-refractivity contribution in [1.29, 1.82) is 0 Å². The van der Waals surface area contributed by atoms with Gasteiger partial charge in [-0.2, -0.15) is 0 Å². The Hall–Kier alpha value is -0.640. The van der Waals surface area contributed by atoms with Crippen molar-refractivity contribution < 1.29 is 0 Å². The zero-order chi connectivity index (χ0) is 13.4. The SMILES string of the molecule is Nc1cc(Cl)c(Cl)cc1N1CCC(N2CCCC2)C1. The second kappa shape index (κ2) is 5.39. The Bertz CT molecular complexity index is 472. The van der Waals surface area contributed by atoms with Gasteiger partial charge in [-0.25, -0.2) is 0 Å². The maximum atomic E-state index is 6.10. The van der Waals surface area contributed by atoms with Gasteiger partial charge in [0.05, 0.1) is 21.4 Å². The number of hydrogen-bond donors (Lipinski definition) is 1. The molecule has 0 radical (unpaired) electrons. The smallest absolute Gasteiger partial charge is 0.0616 e. The minimum absolute atomic E-state index is 0.526. The number of likely N-dealkylation sites (tertiary alicyclic amines) is 1. The van der Waals surface area contributed by atoms with Crippen LogP contribution in [0.5, 0.6) is 0 Å². The van der Waals surface area contributed by atoms with Gasteiger partial charge in [-0.05, 0) is 44.5 Å². The van der Waals surface area contributed by atoms with Crippen LogP contribution in [-0.2, 0) is 0 Å². The zero-order valence-corrected chi connectivity index (χ0v) is 12.4. The highest BCUT2D eigenvalue weighted by Crippen LogP contribution is 2.35. The van der Waals surface area contributed by atoms with Gasteiger partial charge in [0.2, 0.25) is 0 Å². The summed E-state index contributed by atoms with van der Waals surface area (Å²) in [7, 11) is 0. The minimum Gasteiger partial charge on any atom is -0.397 e. The van der Waals surface area contributed by atoms with Crippen LogP contribution in [0.4, 0.5) is 11.4 Å². The van der Waals surface area contributed by atoms with Crippen LogP contribution in [0.1, 0.15) is 19.3 Å². The molecule has 2 saturated heterocycles. The van der Waals surface area contributed by atoms with E-state index >= 15 is 0 Å². The molecule has 1 aromatic rings. The molecule has 2 aliphatic rings. The van der Waals surface area contributed by atoms with E-state index in [1.165, 1.54) is 32.4 Å². The molecule has 0 aliphatic carbocycles. The van der Waals surface area contributed by atoms with E-state index in [0.717, 1.165) is 24.5 Å². The predicted octanol–water partition coefficient (Wildman–Crippen LogP) is 3.25. The lowest BCUT2D eigenvalue weighted by Crippen LogP contribution is -2.35. The summed E-state index contributed by atoms with van der Waals surface area (Å²) >= 11 is 12.1. The van der Waals surface area contributed by atoms with Crippen molar-refractivity contribution in [3.05, 3.63) is 22.2 Å². The first-order valence-electron chi connectivity index (χ1n) is 6.88. The van der Waals surface area contributed by atoms with Gasteiger partial charge in [0.25, 0.3) is 0 Å². The number of rotatable bonds is 2. The molecular weight excluding hydrogens is 281 g/mol. The highest BCUT2D eigenvalue weighted by atomic mass is 35.5. The molecule has 3 nitrogen and oxygen atoms in total. The van der Waals surface area contributed by atoms with Gasteiger partial charge >= 0.3 is 0 Å². The molecule has 0 amide bonds. The monoisotopic (exact) mass is 299 g/mol. The van der Waals surface area contributed by atoms with Gasteiger partial charge in [-0.15, -0.1) is 0 Å². The fourth-order valence-corrected chi connectivity index (χ4v) is 3.52. The van der Waals surface area contributed by atoms with E-state index in [0.29, 0.717) is 16.1 Å². The van der Waals surface area contributed by atoms with Crippen molar-refractivity contribution in [1.82, 2.24) is 4.90 Å². The number of anilines is 2. The van der Waals surface area contributed by atoms with Crippen molar-refractivity contribution in [3.63, 3.8) is 0 Å². The Morgan fingerprint density at radius 3 is 2.47 bits per heavy atom. The van der Waals surface area contributed by atoms with E-state index in [1.54, 1.807) is 6.07 Å². The minimum atomic E-state index is 0.526. The zero-order valence-electron chi connectivity index (χ0n) is 10.9. The third kappa shape index (κ3) is 2.64. The molecule has 104 valence electrons. The quantitative estimate of drug-likeness (QED) is 0.851. The summed E-state index contributed by atoms with van der Waals surface area (Å²) in [5.41, 5.74) is 7.81. The van der Waals surface area contributed by atoms with Crippen molar-refractivity contribution in [2.24, 2.45) is 0 Å². The third-order valence-corrected chi connectivity index (χ3v) is 4.95. The summed E-state index contributed by atoms with van der Waals surface area (Å²) in [4.78, 5) is 4.94. The second-order valence-electron chi connectivity index (χ2n) is 5.46. The number of halogens is 2. The van der Waals surface area contributed by atoms with Crippen LogP contribution < -0.4 is 10.6 Å². The molecule has 1 unspecified atom stereocenters. The fraction of sp³-hybridized carbons (Fsp3) is 0.571. The average Bonchev–Trinajstić information content (AvgIpc) is 3.03. The maximum Gasteiger partial charge on any atom is 0.0616 e. The Morgan fingerprint density at radius 1 is 1.05 bits per heavy atom. The molecule has 1 aromatic carbocycles. The Labute approximate surface area is 124 Å². The molecule has 0 saturated carbocycles. The lowest BCUT2D eigenvalue weighted by Gasteiger charge is -2.25. The van der Waals surface area contributed by atoms with Crippen molar-refractivity contribution in [2.45, 2.75) is 25.3 Å². The molecule has 2 aliphatic heterocycles. The number of nitrogens with zero attached hydrogens (tertiary/aromatic N) is 2. The number of benzene rings is 1. The van der Waals surface area contributed by atoms with Gasteiger partial charge in [-0.1, -0.05) is 23.2 Å². The molecule has 0 spiro atoms. The molecule has 1 atom stereocenters. The lowest BCUT2D eigenvalue weighted by atomic mass is 10.2. The van der Waals surface area contributed by atoms with Crippen molar-refractivity contribution >= 4 is 34.6 Å². The molecule has 5 heteroatoms. The summed E-state index contributed by atoms with van der Waals surface area (Å²) in [5.74, 6) is 0. The molecule has 2 fully saturated rings. The number of nitrogens with two attached hydrogens (primary N) is 1. The summed E-state index contributed by atoms with van der Waals surface area (Å²) in [6.45, 7) is 4.58. The molecular formula is C14H19Cl2N3. The van der Waals surface area contributed by atoms with E-state index in [9.17, 15) is 0 Å². The first-order valence-corrected chi connectivity index (χ1v) is 7.64. The van der Waals surface area contributed by atoms with Gasteiger partial charge < -0.3 is 10.6 Å². The highest BCUT2D eigenvalue weighted by Gasteiger charge is 2.30. The van der Waals surface area contributed by atoms with Gasteiger partial charge in [-0.3, -0.25) is 4.90 Å². The van der Waals surface area contributed by atoms with Crippen LogP contribution in [-0.4, -0.2) is 37.1 Å². The van der Waals surface area contributed by atoms with E-state index in [-0.39, 0.29) is 0 Å². The topological polar surface area (TPSA) is 32.5 Å². The predicted molar refractivity (Wildman–Crippen MR) is 82.3 cm³/mol. The first kappa shape index (κ1) is 13.3. The van der Waals surface area contributed by atoms with E-state index in [2.05, 4.69) is 9.80 Å². The third-order valence-electron chi connectivity index (χ3n) is 4.23. The van der Waals surface area contributed by atoms with Crippen LogP contribution in [0, 0.1) is 0 Å². The number of hydrogen-bond acceptors (Lipinski definition) is 3. The summed E-state index contributed by atoms with van der Waals surface area (Å²) in [6, 6.07) is 4.31. The van der Waals surface area contributed by atoms with Gasteiger partial charge in [0.15, 0.2) is 0 Å². The maximum absolute atomic E-state index is 6.10. The lowest BCUT2D eigenvalue weighted by molar-refractivity contribution is 0.260. The first-order chi connectivity index (χ1) is 9.15. The normalized spacial score (nSPS) is 24.3. The van der Waals surface area contributed by atoms with Crippen LogP contribution in [0.15, 0.2) is 12.1 Å². The molecule has 2 heterocycles. The fourth-order valence-electron chi connectivity index (χ4n) is 3.19. The highest BCUT2D eigenvalue weighted by molar-refractivity contribution is 6.42. The summed E-state index contributed by atoms with van der Waals surface area (Å²) in [6.07, 6.45) is 3.89. The van der Waals surface area contributed by atoms with Crippen molar-refractivity contribution in [2.75, 3.05) is 36.8 Å². The number of nitrogen functional groups attached to an aromatic ring is 1. The van der Waals surface area contributed by atoms with E-state index in [1.807, 2.05) is 6.07 Å². The van der Waals surface area contributed by atoms with Crippen LogP contribution in [0.3, 0.4) is 0 Å².